The molecule has 0 saturated carbocycles. The van der Waals surface area contributed by atoms with Crippen molar-refractivity contribution in [2.75, 3.05) is 6.61 Å². The summed E-state index contributed by atoms with van der Waals surface area (Å²) in [5, 5.41) is 24.8. The first-order valence-corrected chi connectivity index (χ1v) is 8.45. The van der Waals surface area contributed by atoms with Crippen LogP contribution in [0.25, 0.3) is 11.4 Å². The molecule has 0 radical (unpaired) electrons. The summed E-state index contributed by atoms with van der Waals surface area (Å²) in [6.07, 6.45) is 0. The lowest BCUT2D eigenvalue weighted by molar-refractivity contribution is 0.0916. The van der Waals surface area contributed by atoms with Gasteiger partial charge in [-0.2, -0.15) is 4.80 Å². The minimum absolute atomic E-state index is 0.134. The van der Waals surface area contributed by atoms with Crippen LogP contribution in [0, 0.1) is 0 Å². The number of carbonyl (C=O) groups excluding carboxylic acids is 1. The predicted octanol–water partition coefficient (Wildman–Crippen LogP) is 2.38. The fraction of sp³-hybridized carbons (Fsp3) is 0.263. The number of nitrogens with one attached hydrogen (secondary N) is 1. The lowest BCUT2D eigenvalue weighted by Gasteiger charge is -2.16. The van der Waals surface area contributed by atoms with E-state index in [1.54, 1.807) is 29.1 Å². The molecule has 7 heteroatoms. The highest BCUT2D eigenvalue weighted by Crippen LogP contribution is 2.17. The summed E-state index contributed by atoms with van der Waals surface area (Å²) in [7, 11) is 0. The summed E-state index contributed by atoms with van der Waals surface area (Å²) in [5.41, 5.74) is 2.14. The van der Waals surface area contributed by atoms with Crippen LogP contribution in [0.3, 0.4) is 0 Å². The molecule has 0 spiro atoms. The van der Waals surface area contributed by atoms with E-state index in [0.29, 0.717) is 11.4 Å². The molecule has 0 aliphatic rings. The number of benzene rings is 2. The highest BCUT2D eigenvalue weighted by atomic mass is 16.3. The first-order valence-electron chi connectivity index (χ1n) is 8.45. The zero-order valence-electron chi connectivity index (χ0n) is 14.7. The largest absolute Gasteiger partial charge is 0.394 e. The van der Waals surface area contributed by atoms with Crippen LogP contribution in [0.4, 0.5) is 0 Å². The number of hydrogen-bond donors (Lipinski definition) is 2. The third kappa shape index (κ3) is 3.94. The van der Waals surface area contributed by atoms with Crippen molar-refractivity contribution >= 4 is 5.91 Å². The van der Waals surface area contributed by atoms with Crippen LogP contribution in [-0.4, -0.2) is 37.8 Å². The summed E-state index contributed by atoms with van der Waals surface area (Å²) in [5.74, 6) is 0.265. The zero-order chi connectivity index (χ0) is 18.5. The Morgan fingerprint density at radius 3 is 2.38 bits per heavy atom. The average molecular weight is 351 g/mol. The Labute approximate surface area is 151 Å². The molecule has 1 atom stereocenters. The highest BCUT2D eigenvalue weighted by molar-refractivity contribution is 5.94. The Morgan fingerprint density at radius 2 is 1.81 bits per heavy atom. The van der Waals surface area contributed by atoms with Gasteiger partial charge in [-0.3, -0.25) is 4.79 Å². The number of carbonyl (C=O) groups is 1. The van der Waals surface area contributed by atoms with Gasteiger partial charge in [0.15, 0.2) is 0 Å². The maximum atomic E-state index is 12.5. The van der Waals surface area contributed by atoms with Gasteiger partial charge in [0.05, 0.1) is 18.7 Å². The van der Waals surface area contributed by atoms with Gasteiger partial charge in [0.2, 0.25) is 5.82 Å². The quantitative estimate of drug-likeness (QED) is 0.711. The van der Waals surface area contributed by atoms with Gasteiger partial charge < -0.3 is 10.4 Å². The first kappa shape index (κ1) is 17.8. The molecule has 1 heterocycles. The number of hydrogen-bond acceptors (Lipinski definition) is 5. The molecule has 2 N–H and O–H groups in total. The molecular formula is C19H21N5O2. The second kappa shape index (κ2) is 7.88. The molecule has 0 bridgehead atoms. The van der Waals surface area contributed by atoms with Gasteiger partial charge in [0.1, 0.15) is 0 Å². The Hall–Kier alpha value is -3.06. The fourth-order valence-electron chi connectivity index (χ4n) is 2.49. The molecule has 2 aromatic carbocycles. The van der Waals surface area contributed by atoms with Gasteiger partial charge in [-0.15, -0.1) is 10.2 Å². The zero-order valence-corrected chi connectivity index (χ0v) is 14.7. The first-order chi connectivity index (χ1) is 12.6. The molecule has 0 unspecified atom stereocenters. The van der Waals surface area contributed by atoms with Crippen LogP contribution in [0.2, 0.25) is 0 Å². The van der Waals surface area contributed by atoms with Crippen molar-refractivity contribution in [2.45, 2.75) is 25.9 Å². The standard InChI is InChI=1S/C19H21N5O2/c1-13(2)24-22-18(21-23-24)15-8-10-16(11-9-15)19(26)20-17(12-25)14-6-4-3-5-7-14/h3-11,13,17,25H,12H2,1-2H3,(H,20,26)/t17-/m0/s1. The molecule has 3 rings (SSSR count). The van der Waals surface area contributed by atoms with Gasteiger partial charge >= 0.3 is 0 Å². The van der Waals surface area contributed by atoms with Crippen LogP contribution < -0.4 is 5.32 Å². The number of nitrogens with zero attached hydrogens (tertiary/aromatic N) is 4. The van der Waals surface area contributed by atoms with Crippen molar-refractivity contribution in [3.63, 3.8) is 0 Å². The van der Waals surface area contributed by atoms with Gasteiger partial charge in [-0.05, 0) is 36.8 Å². The molecule has 1 amide bonds. The van der Waals surface area contributed by atoms with E-state index >= 15 is 0 Å². The minimum Gasteiger partial charge on any atom is -0.394 e. The van der Waals surface area contributed by atoms with E-state index in [4.69, 9.17) is 0 Å². The summed E-state index contributed by atoms with van der Waals surface area (Å²) >= 11 is 0. The monoisotopic (exact) mass is 351 g/mol. The number of aromatic nitrogens is 4. The molecule has 0 aliphatic heterocycles. The normalized spacial score (nSPS) is 12.2. The summed E-state index contributed by atoms with van der Waals surface area (Å²) in [6.45, 7) is 3.78. The third-order valence-corrected chi connectivity index (χ3v) is 3.99. The number of aliphatic hydroxyl groups excluding tert-OH is 1. The van der Waals surface area contributed by atoms with Crippen molar-refractivity contribution < 1.29 is 9.90 Å². The molecule has 3 aromatic rings. The minimum atomic E-state index is -0.448. The SMILES string of the molecule is CC(C)n1nnc(-c2ccc(C(=O)N[C@@H](CO)c3ccccc3)cc2)n1. The molecule has 26 heavy (non-hydrogen) atoms. The molecule has 1 aromatic heterocycles. The van der Waals surface area contributed by atoms with E-state index in [1.165, 1.54) is 0 Å². The summed E-state index contributed by atoms with van der Waals surface area (Å²) in [4.78, 5) is 14.0. The van der Waals surface area contributed by atoms with E-state index in [9.17, 15) is 9.90 Å². The number of tetrazole rings is 1. The van der Waals surface area contributed by atoms with Crippen molar-refractivity contribution in [3.05, 3.63) is 65.7 Å². The topological polar surface area (TPSA) is 92.9 Å². The molecule has 0 aliphatic carbocycles. The van der Waals surface area contributed by atoms with E-state index in [1.807, 2.05) is 44.2 Å². The van der Waals surface area contributed by atoms with E-state index in [2.05, 4.69) is 20.7 Å². The average Bonchev–Trinajstić information content (AvgIpc) is 3.17. The fourth-order valence-corrected chi connectivity index (χ4v) is 2.49. The summed E-state index contributed by atoms with van der Waals surface area (Å²) < 4.78 is 0. The van der Waals surface area contributed by atoms with Crippen molar-refractivity contribution in [1.29, 1.82) is 0 Å². The van der Waals surface area contributed by atoms with Crippen LogP contribution in [0.1, 0.15) is 41.9 Å². The molecule has 0 saturated heterocycles. The molecule has 134 valence electrons. The lowest BCUT2D eigenvalue weighted by atomic mass is 10.1. The second-order valence-corrected chi connectivity index (χ2v) is 6.22. The van der Waals surface area contributed by atoms with E-state index in [-0.39, 0.29) is 18.6 Å². The second-order valence-electron chi connectivity index (χ2n) is 6.22. The Bertz CT molecular complexity index is 859. The Balaban J connectivity index is 1.72. The van der Waals surface area contributed by atoms with Gasteiger partial charge in [-0.1, -0.05) is 42.5 Å². The predicted molar refractivity (Wildman–Crippen MR) is 97.4 cm³/mol. The van der Waals surface area contributed by atoms with E-state index in [0.717, 1.165) is 11.1 Å². The highest BCUT2D eigenvalue weighted by Gasteiger charge is 2.15. The summed E-state index contributed by atoms with van der Waals surface area (Å²) in [6, 6.07) is 16.0. The van der Waals surface area contributed by atoms with Gasteiger partial charge in [-0.25, -0.2) is 0 Å². The number of rotatable bonds is 6. The third-order valence-electron chi connectivity index (χ3n) is 3.99. The van der Waals surface area contributed by atoms with Gasteiger partial charge in [0.25, 0.3) is 5.91 Å². The molecular weight excluding hydrogens is 330 g/mol. The smallest absolute Gasteiger partial charge is 0.251 e. The van der Waals surface area contributed by atoms with Crippen LogP contribution in [0.15, 0.2) is 54.6 Å². The Kier molecular flexibility index (Phi) is 5.38. The van der Waals surface area contributed by atoms with Crippen molar-refractivity contribution in [3.8, 4) is 11.4 Å². The van der Waals surface area contributed by atoms with Crippen molar-refractivity contribution in [1.82, 2.24) is 25.5 Å². The maximum absolute atomic E-state index is 12.5. The number of aliphatic hydroxyl groups is 1. The van der Waals surface area contributed by atoms with E-state index < -0.39 is 6.04 Å². The maximum Gasteiger partial charge on any atom is 0.251 e. The number of amides is 1. The van der Waals surface area contributed by atoms with Crippen molar-refractivity contribution in [2.24, 2.45) is 0 Å². The van der Waals surface area contributed by atoms with Crippen LogP contribution in [-0.2, 0) is 0 Å². The van der Waals surface area contributed by atoms with Crippen LogP contribution >= 0.6 is 0 Å². The van der Waals surface area contributed by atoms with Gasteiger partial charge in [0, 0.05) is 11.1 Å². The molecule has 7 nitrogen and oxygen atoms in total. The molecule has 0 fully saturated rings. The Morgan fingerprint density at radius 1 is 1.12 bits per heavy atom. The van der Waals surface area contributed by atoms with Crippen LogP contribution in [0.5, 0.6) is 0 Å². The lowest BCUT2D eigenvalue weighted by Crippen LogP contribution is -2.30.